The number of unbranched alkanes of at least 4 members (excludes halogenated alkanes) is 5. The van der Waals surface area contributed by atoms with Crippen LogP contribution in [0.2, 0.25) is 0 Å². The topological polar surface area (TPSA) is 34.1 Å². The van der Waals surface area contributed by atoms with E-state index in [4.69, 9.17) is 0 Å². The van der Waals surface area contributed by atoms with Crippen molar-refractivity contribution in [3.05, 3.63) is 25.8 Å². The van der Waals surface area contributed by atoms with Crippen molar-refractivity contribution in [2.45, 2.75) is 50.3 Å². The molecule has 2 aromatic heterocycles. The molecule has 23 heavy (non-hydrogen) atoms. The van der Waals surface area contributed by atoms with E-state index >= 15 is 0 Å². The molecule has 2 heterocycles. The van der Waals surface area contributed by atoms with Gasteiger partial charge < -0.3 is 0 Å². The third-order valence-corrected chi connectivity index (χ3v) is 8.96. The fourth-order valence-electron chi connectivity index (χ4n) is 2.37. The second-order valence-corrected chi connectivity index (χ2v) is 12.4. The summed E-state index contributed by atoms with van der Waals surface area (Å²) < 4.78 is 27.3. The van der Waals surface area contributed by atoms with E-state index < -0.39 is 9.84 Å². The highest BCUT2D eigenvalue weighted by Gasteiger charge is 2.23. The zero-order chi connectivity index (χ0) is 16.9. The second-order valence-electron chi connectivity index (χ2n) is 5.43. The number of thiophene rings is 2. The number of hydrogen-bond donors (Lipinski definition) is 0. The first-order valence-electron chi connectivity index (χ1n) is 7.72. The minimum Gasteiger partial charge on any atom is -0.224 e. The summed E-state index contributed by atoms with van der Waals surface area (Å²) >= 11 is 9.93. The number of hydrogen-bond acceptors (Lipinski definition) is 4. The first kappa shape index (κ1) is 19.6. The molecule has 128 valence electrons. The molecule has 0 aliphatic heterocycles. The molecule has 0 bridgehead atoms. The maximum absolute atomic E-state index is 12.7. The van der Waals surface area contributed by atoms with Gasteiger partial charge in [-0.1, -0.05) is 39.0 Å². The van der Waals surface area contributed by atoms with Crippen molar-refractivity contribution in [1.29, 1.82) is 0 Å². The van der Waals surface area contributed by atoms with Crippen molar-refractivity contribution < 1.29 is 8.42 Å². The molecule has 0 fully saturated rings. The Bertz CT molecular complexity index is 732. The zero-order valence-electron chi connectivity index (χ0n) is 13.0. The summed E-state index contributed by atoms with van der Waals surface area (Å²) in [7, 11) is -3.23. The van der Waals surface area contributed by atoms with Crippen LogP contribution >= 0.6 is 54.5 Å². The van der Waals surface area contributed by atoms with Crippen molar-refractivity contribution in [3.63, 3.8) is 0 Å². The van der Waals surface area contributed by atoms with Gasteiger partial charge in [-0.2, -0.15) is 0 Å². The minimum atomic E-state index is -3.23. The standard InChI is InChI=1S/C16H20Br2O2S3/c1-2-3-4-5-6-7-10-23(19,20)13-11-15(18)22-16(13)12-8-9-14(17)21-12/h8-9,11H,2-7,10H2,1H3. The molecule has 2 aromatic rings. The van der Waals surface area contributed by atoms with Crippen LogP contribution in [-0.4, -0.2) is 14.2 Å². The maximum atomic E-state index is 12.7. The number of halogens is 2. The number of sulfone groups is 1. The molecule has 0 radical (unpaired) electrons. The van der Waals surface area contributed by atoms with Crippen LogP contribution in [-0.2, 0) is 9.84 Å². The average molecular weight is 500 g/mol. The van der Waals surface area contributed by atoms with E-state index in [-0.39, 0.29) is 5.75 Å². The van der Waals surface area contributed by atoms with E-state index in [0.29, 0.717) is 4.90 Å². The van der Waals surface area contributed by atoms with Crippen LogP contribution in [0.3, 0.4) is 0 Å². The van der Waals surface area contributed by atoms with Gasteiger partial charge in [0, 0.05) is 4.88 Å². The quantitative estimate of drug-likeness (QED) is 0.343. The molecule has 0 amide bonds. The summed E-state index contributed by atoms with van der Waals surface area (Å²) in [5, 5.41) is 0. The number of rotatable bonds is 9. The average Bonchev–Trinajstić information content (AvgIpc) is 3.09. The van der Waals surface area contributed by atoms with Crippen molar-refractivity contribution in [2.75, 3.05) is 5.75 Å². The Morgan fingerprint density at radius 2 is 1.65 bits per heavy atom. The van der Waals surface area contributed by atoms with Crippen LogP contribution in [0.1, 0.15) is 45.4 Å². The summed E-state index contributed by atoms with van der Waals surface area (Å²) in [6.07, 6.45) is 6.51. The predicted octanol–water partition coefficient (Wildman–Crippen LogP) is 7.14. The molecular weight excluding hydrogens is 480 g/mol. The van der Waals surface area contributed by atoms with Gasteiger partial charge in [-0.3, -0.25) is 0 Å². The lowest BCUT2D eigenvalue weighted by atomic mass is 10.1. The Labute approximate surface area is 163 Å². The maximum Gasteiger partial charge on any atom is 0.179 e. The fourth-order valence-corrected chi connectivity index (χ4v) is 7.66. The largest absolute Gasteiger partial charge is 0.224 e. The van der Waals surface area contributed by atoms with Crippen LogP contribution < -0.4 is 0 Å². The zero-order valence-corrected chi connectivity index (χ0v) is 18.6. The predicted molar refractivity (Wildman–Crippen MR) is 108 cm³/mol. The molecular formula is C16H20Br2O2S3. The third kappa shape index (κ3) is 5.66. The normalized spacial score (nSPS) is 12.0. The highest BCUT2D eigenvalue weighted by atomic mass is 79.9. The van der Waals surface area contributed by atoms with E-state index in [9.17, 15) is 8.42 Å². The highest BCUT2D eigenvalue weighted by molar-refractivity contribution is 9.11. The first-order chi connectivity index (χ1) is 10.9. The first-order valence-corrected chi connectivity index (χ1v) is 12.6. The Morgan fingerprint density at radius 1 is 0.957 bits per heavy atom. The molecule has 0 unspecified atom stereocenters. The Kier molecular flexibility index (Phi) is 7.79. The lowest BCUT2D eigenvalue weighted by molar-refractivity contribution is 0.584. The molecule has 2 rings (SSSR count). The van der Waals surface area contributed by atoms with Gasteiger partial charge in [0.05, 0.1) is 23.1 Å². The van der Waals surface area contributed by atoms with Crippen LogP contribution in [0.5, 0.6) is 0 Å². The molecule has 0 N–H and O–H groups in total. The van der Waals surface area contributed by atoms with Crippen LogP contribution in [0.15, 0.2) is 30.7 Å². The molecule has 0 saturated heterocycles. The van der Waals surface area contributed by atoms with Gasteiger partial charge in [0.1, 0.15) is 0 Å². The van der Waals surface area contributed by atoms with Crippen molar-refractivity contribution in [3.8, 4) is 9.75 Å². The van der Waals surface area contributed by atoms with E-state index in [1.165, 1.54) is 30.6 Å². The van der Waals surface area contributed by atoms with Crippen LogP contribution in [0.25, 0.3) is 9.75 Å². The highest BCUT2D eigenvalue weighted by Crippen LogP contribution is 2.42. The third-order valence-electron chi connectivity index (χ3n) is 3.57. The second kappa shape index (κ2) is 9.13. The SMILES string of the molecule is CCCCCCCCS(=O)(=O)c1cc(Br)sc1-c1ccc(Br)s1. The van der Waals surface area contributed by atoms with E-state index in [0.717, 1.165) is 36.6 Å². The van der Waals surface area contributed by atoms with E-state index in [2.05, 4.69) is 38.8 Å². The molecule has 0 saturated carbocycles. The smallest absolute Gasteiger partial charge is 0.179 e. The van der Waals surface area contributed by atoms with Crippen molar-refractivity contribution >= 4 is 64.4 Å². The summed E-state index contributed by atoms with van der Waals surface area (Å²) in [6, 6.07) is 5.68. The Hall–Kier alpha value is 0.310. The summed E-state index contributed by atoms with van der Waals surface area (Å²) in [6.45, 7) is 2.18. The van der Waals surface area contributed by atoms with Gasteiger partial charge in [0.2, 0.25) is 0 Å². The monoisotopic (exact) mass is 498 g/mol. The Balaban J connectivity index is 2.08. The molecule has 0 atom stereocenters. The van der Waals surface area contributed by atoms with Crippen LogP contribution in [0.4, 0.5) is 0 Å². The van der Waals surface area contributed by atoms with Gasteiger partial charge >= 0.3 is 0 Å². The van der Waals surface area contributed by atoms with E-state index in [1.807, 2.05) is 12.1 Å². The lowest BCUT2D eigenvalue weighted by Gasteiger charge is -2.05. The molecule has 2 nitrogen and oxygen atoms in total. The fraction of sp³-hybridized carbons (Fsp3) is 0.500. The van der Waals surface area contributed by atoms with Gasteiger partial charge in [0.15, 0.2) is 9.84 Å². The summed E-state index contributed by atoms with van der Waals surface area (Å²) in [5.74, 6) is 0.238. The van der Waals surface area contributed by atoms with Gasteiger partial charge in [-0.15, -0.1) is 22.7 Å². The van der Waals surface area contributed by atoms with Gasteiger partial charge in [0.25, 0.3) is 0 Å². The molecule has 7 heteroatoms. The van der Waals surface area contributed by atoms with Crippen molar-refractivity contribution in [1.82, 2.24) is 0 Å². The van der Waals surface area contributed by atoms with Crippen molar-refractivity contribution in [2.24, 2.45) is 0 Å². The van der Waals surface area contributed by atoms with Crippen LogP contribution in [0, 0.1) is 0 Å². The summed E-state index contributed by atoms with van der Waals surface area (Å²) in [5.41, 5.74) is 0. The minimum absolute atomic E-state index is 0.238. The molecule has 0 aliphatic carbocycles. The van der Waals surface area contributed by atoms with Gasteiger partial charge in [-0.05, 0) is 56.5 Å². The molecule has 0 spiro atoms. The lowest BCUT2D eigenvalue weighted by Crippen LogP contribution is -2.06. The summed E-state index contributed by atoms with van der Waals surface area (Å²) in [4.78, 5) is 2.31. The van der Waals surface area contributed by atoms with Gasteiger partial charge in [-0.25, -0.2) is 8.42 Å². The Morgan fingerprint density at radius 3 is 2.30 bits per heavy atom. The molecule has 0 aliphatic rings. The van der Waals surface area contributed by atoms with E-state index in [1.54, 1.807) is 17.4 Å². The molecule has 0 aromatic carbocycles.